The van der Waals surface area contributed by atoms with E-state index in [1.807, 2.05) is 6.92 Å². The lowest BCUT2D eigenvalue weighted by Crippen LogP contribution is -2.22. The summed E-state index contributed by atoms with van der Waals surface area (Å²) >= 11 is 14.6. The van der Waals surface area contributed by atoms with Crippen LogP contribution >= 0.6 is 39.1 Å². The van der Waals surface area contributed by atoms with Gasteiger partial charge in [-0.05, 0) is 36.2 Å². The van der Waals surface area contributed by atoms with Crippen molar-refractivity contribution in [3.8, 4) is 5.75 Å². The van der Waals surface area contributed by atoms with Crippen molar-refractivity contribution in [1.82, 2.24) is 0 Å². The average molecular weight is 312 g/mol. The number of halogens is 3. The number of carbonyl (C=O) groups is 1. The summed E-state index contributed by atoms with van der Waals surface area (Å²) in [6.07, 6.45) is -0.139. The van der Waals surface area contributed by atoms with Gasteiger partial charge >= 0.3 is 0 Å². The highest BCUT2D eigenvalue weighted by molar-refractivity contribution is 9.10. The highest BCUT2D eigenvalue weighted by atomic mass is 79.9. The third kappa shape index (κ3) is 3.67. The van der Waals surface area contributed by atoms with Crippen molar-refractivity contribution in [3.63, 3.8) is 0 Å². The molecule has 0 fully saturated rings. The van der Waals surface area contributed by atoms with Gasteiger partial charge in [-0.15, -0.1) is 0 Å². The minimum Gasteiger partial charge on any atom is -0.480 e. The third-order valence-corrected chi connectivity index (χ3v) is 2.82. The van der Waals surface area contributed by atoms with Crippen LogP contribution in [0.15, 0.2) is 22.7 Å². The molecule has 0 aliphatic heterocycles. The maximum Gasteiger partial charge on any atom is 0.262 e. The fourth-order valence-electron chi connectivity index (χ4n) is 1.01. The van der Waals surface area contributed by atoms with Gasteiger partial charge in [0.05, 0.1) is 5.02 Å². The minimum absolute atomic E-state index is 0.445. The normalized spacial score (nSPS) is 12.3. The third-order valence-electron chi connectivity index (χ3n) is 1.79. The number of carbonyl (C=O) groups excluding carboxylic acids is 1. The Morgan fingerprint density at radius 2 is 2.27 bits per heavy atom. The zero-order chi connectivity index (χ0) is 11.4. The molecular weight excluding hydrogens is 303 g/mol. The lowest BCUT2D eigenvalue weighted by molar-refractivity contribution is -0.117. The predicted molar refractivity (Wildman–Crippen MR) is 64.7 cm³/mol. The molecule has 0 aliphatic carbocycles. The summed E-state index contributed by atoms with van der Waals surface area (Å²) in [6, 6.07) is 5.17. The molecule has 0 radical (unpaired) electrons. The van der Waals surface area contributed by atoms with Crippen molar-refractivity contribution in [3.05, 3.63) is 27.7 Å². The van der Waals surface area contributed by atoms with Crippen molar-refractivity contribution in [2.75, 3.05) is 0 Å². The van der Waals surface area contributed by atoms with Gasteiger partial charge in [0, 0.05) is 4.47 Å². The number of hydrogen-bond donors (Lipinski definition) is 0. The highest BCUT2D eigenvalue weighted by Crippen LogP contribution is 2.29. The van der Waals surface area contributed by atoms with Gasteiger partial charge in [0.15, 0.2) is 6.10 Å². The van der Waals surface area contributed by atoms with Crippen LogP contribution in [0.2, 0.25) is 5.02 Å². The molecule has 0 saturated heterocycles. The Balaban J connectivity index is 2.84. The molecule has 1 rings (SSSR count). The molecule has 82 valence electrons. The first-order valence-corrected chi connectivity index (χ1v) is 5.90. The van der Waals surface area contributed by atoms with Crippen molar-refractivity contribution in [2.24, 2.45) is 0 Å². The molecule has 2 nitrogen and oxygen atoms in total. The van der Waals surface area contributed by atoms with Gasteiger partial charge in [-0.1, -0.05) is 34.5 Å². The van der Waals surface area contributed by atoms with E-state index in [0.717, 1.165) is 4.47 Å². The summed E-state index contributed by atoms with van der Waals surface area (Å²) < 4.78 is 6.23. The molecule has 1 aromatic carbocycles. The molecular formula is C10H9BrCl2O2. The molecule has 0 aliphatic rings. The Morgan fingerprint density at radius 3 is 2.73 bits per heavy atom. The minimum atomic E-state index is -0.648. The summed E-state index contributed by atoms with van der Waals surface area (Å²) in [5.41, 5.74) is 0. The van der Waals surface area contributed by atoms with E-state index in [9.17, 15) is 4.79 Å². The van der Waals surface area contributed by atoms with E-state index >= 15 is 0 Å². The first-order chi connectivity index (χ1) is 7.04. The molecule has 1 aromatic rings. The van der Waals surface area contributed by atoms with Crippen LogP contribution < -0.4 is 4.74 Å². The maximum absolute atomic E-state index is 10.9. The van der Waals surface area contributed by atoms with Crippen LogP contribution in [0.25, 0.3) is 0 Å². The first-order valence-electron chi connectivity index (χ1n) is 4.35. The zero-order valence-corrected chi connectivity index (χ0v) is 11.1. The largest absolute Gasteiger partial charge is 0.480 e. The lowest BCUT2D eigenvalue weighted by atomic mass is 10.3. The number of hydrogen-bond acceptors (Lipinski definition) is 2. The molecule has 0 bridgehead atoms. The molecule has 0 saturated carbocycles. The molecule has 0 N–H and O–H groups in total. The second kappa shape index (κ2) is 5.73. The second-order valence-electron chi connectivity index (χ2n) is 2.89. The Hall–Kier alpha value is -0.250. The number of ether oxygens (including phenoxy) is 1. The Bertz CT molecular complexity index is 368. The van der Waals surface area contributed by atoms with Crippen molar-refractivity contribution < 1.29 is 9.53 Å². The molecule has 1 atom stereocenters. The first kappa shape index (κ1) is 12.8. The summed E-state index contributed by atoms with van der Waals surface area (Å²) in [5, 5.41) is -0.0720. The van der Waals surface area contributed by atoms with Gasteiger partial charge in [0.25, 0.3) is 5.24 Å². The average Bonchev–Trinajstić information content (AvgIpc) is 2.16. The fourth-order valence-corrected chi connectivity index (χ4v) is 1.93. The van der Waals surface area contributed by atoms with Crippen LogP contribution in [0, 0.1) is 0 Å². The quantitative estimate of drug-likeness (QED) is 0.785. The Kier molecular flexibility index (Phi) is 4.90. The standard InChI is InChI=1S/C10H9BrCl2O2/c1-2-8(10(13)14)15-9-4-3-6(11)5-7(9)12/h3-5,8H,2H2,1H3. The number of benzene rings is 1. The van der Waals surface area contributed by atoms with E-state index in [0.29, 0.717) is 17.2 Å². The molecule has 15 heavy (non-hydrogen) atoms. The van der Waals surface area contributed by atoms with Crippen molar-refractivity contribution >= 4 is 44.4 Å². The Morgan fingerprint density at radius 1 is 1.60 bits per heavy atom. The molecule has 1 unspecified atom stereocenters. The molecule has 0 spiro atoms. The van der Waals surface area contributed by atoms with Crippen molar-refractivity contribution in [1.29, 1.82) is 0 Å². The summed E-state index contributed by atoms with van der Waals surface area (Å²) in [4.78, 5) is 10.9. The van der Waals surface area contributed by atoms with E-state index in [-0.39, 0.29) is 0 Å². The number of rotatable bonds is 4. The van der Waals surface area contributed by atoms with Crippen LogP contribution in [0.4, 0.5) is 0 Å². The van der Waals surface area contributed by atoms with Gasteiger partial charge in [-0.2, -0.15) is 0 Å². The van der Waals surface area contributed by atoms with Crippen molar-refractivity contribution in [2.45, 2.75) is 19.4 Å². The van der Waals surface area contributed by atoms with Gasteiger partial charge in [0.1, 0.15) is 5.75 Å². The monoisotopic (exact) mass is 310 g/mol. The van der Waals surface area contributed by atoms with E-state index in [4.69, 9.17) is 27.9 Å². The molecule has 0 aromatic heterocycles. The van der Waals surface area contributed by atoms with Gasteiger partial charge in [-0.3, -0.25) is 4.79 Å². The zero-order valence-electron chi connectivity index (χ0n) is 7.97. The van der Waals surface area contributed by atoms with Crippen LogP contribution in [0.3, 0.4) is 0 Å². The second-order valence-corrected chi connectivity index (χ2v) is 4.59. The summed E-state index contributed by atoms with van der Waals surface area (Å²) in [5.74, 6) is 0.459. The fraction of sp³-hybridized carbons (Fsp3) is 0.300. The van der Waals surface area contributed by atoms with E-state index in [1.54, 1.807) is 18.2 Å². The smallest absolute Gasteiger partial charge is 0.262 e. The lowest BCUT2D eigenvalue weighted by Gasteiger charge is -2.14. The molecule has 0 amide bonds. The SMILES string of the molecule is CCC(Oc1ccc(Br)cc1Cl)C(=O)Cl. The molecule has 5 heteroatoms. The van der Waals surface area contributed by atoms with Gasteiger partial charge in [-0.25, -0.2) is 0 Å². The highest BCUT2D eigenvalue weighted by Gasteiger charge is 2.16. The molecule has 0 heterocycles. The maximum atomic E-state index is 10.9. The topological polar surface area (TPSA) is 26.3 Å². The van der Waals surface area contributed by atoms with Crippen LogP contribution in [0.1, 0.15) is 13.3 Å². The van der Waals surface area contributed by atoms with E-state index in [1.165, 1.54) is 0 Å². The van der Waals surface area contributed by atoms with Crippen LogP contribution in [-0.2, 0) is 4.79 Å². The van der Waals surface area contributed by atoms with Gasteiger partial charge in [0.2, 0.25) is 0 Å². The van der Waals surface area contributed by atoms with E-state index in [2.05, 4.69) is 15.9 Å². The predicted octanol–water partition coefficient (Wildman–Crippen LogP) is 4.03. The van der Waals surface area contributed by atoms with Gasteiger partial charge < -0.3 is 4.74 Å². The van der Waals surface area contributed by atoms with Crippen LogP contribution in [0.5, 0.6) is 5.75 Å². The Labute approximate surface area is 107 Å². The summed E-state index contributed by atoms with van der Waals surface area (Å²) in [7, 11) is 0. The van der Waals surface area contributed by atoms with Crippen LogP contribution in [-0.4, -0.2) is 11.3 Å². The van der Waals surface area contributed by atoms with E-state index < -0.39 is 11.3 Å². The summed E-state index contributed by atoms with van der Waals surface area (Å²) in [6.45, 7) is 1.82.